The van der Waals surface area contributed by atoms with Crippen molar-refractivity contribution in [2.75, 3.05) is 13.2 Å². The summed E-state index contributed by atoms with van der Waals surface area (Å²) >= 11 is 0. The van der Waals surface area contributed by atoms with E-state index in [1.807, 2.05) is 0 Å². The zero-order valence-electron chi connectivity index (χ0n) is 9.41. The minimum atomic E-state index is -0.973. The second kappa shape index (κ2) is 5.70. The molecular formula is C10H19NO4. The van der Waals surface area contributed by atoms with E-state index in [2.05, 4.69) is 5.32 Å². The van der Waals surface area contributed by atoms with Crippen LogP contribution in [-0.4, -0.2) is 35.2 Å². The molecule has 0 aliphatic rings. The molecule has 5 nitrogen and oxygen atoms in total. The number of carboxylic acid groups (broad SMARTS) is 1. The molecule has 0 aromatic heterocycles. The molecule has 0 radical (unpaired) electrons. The van der Waals surface area contributed by atoms with Gasteiger partial charge < -0.3 is 15.5 Å². The van der Waals surface area contributed by atoms with Gasteiger partial charge in [-0.3, -0.25) is 9.59 Å². The van der Waals surface area contributed by atoms with E-state index in [9.17, 15) is 9.59 Å². The number of carboxylic acids is 1. The van der Waals surface area contributed by atoms with E-state index in [0.29, 0.717) is 0 Å². The molecule has 0 spiro atoms. The summed E-state index contributed by atoms with van der Waals surface area (Å²) < 4.78 is 0. The summed E-state index contributed by atoms with van der Waals surface area (Å²) in [6.07, 6.45) is -0.138. The Hall–Kier alpha value is -1.10. The summed E-state index contributed by atoms with van der Waals surface area (Å²) in [5, 5.41) is 20.0. The van der Waals surface area contributed by atoms with Gasteiger partial charge in [-0.05, 0) is 0 Å². The summed E-state index contributed by atoms with van der Waals surface area (Å²) in [5.41, 5.74) is -0.497. The number of hydrogen-bond donors (Lipinski definition) is 3. The minimum absolute atomic E-state index is 0.138. The summed E-state index contributed by atoms with van der Waals surface area (Å²) in [4.78, 5) is 21.8. The van der Waals surface area contributed by atoms with Gasteiger partial charge in [0.1, 0.15) is 0 Å². The molecule has 0 saturated carbocycles. The van der Waals surface area contributed by atoms with Crippen LogP contribution >= 0.6 is 0 Å². The first-order chi connectivity index (χ1) is 6.77. The van der Waals surface area contributed by atoms with Crippen LogP contribution in [0.15, 0.2) is 0 Å². The molecule has 1 amide bonds. The maximum atomic E-state index is 11.4. The summed E-state index contributed by atoms with van der Waals surface area (Å²) in [7, 11) is 0. The first-order valence-corrected chi connectivity index (χ1v) is 4.88. The molecular weight excluding hydrogens is 198 g/mol. The number of rotatable bonds is 5. The third kappa shape index (κ3) is 6.06. The molecule has 0 saturated heterocycles. The second-order valence-electron chi connectivity index (χ2n) is 4.61. The first kappa shape index (κ1) is 13.9. The highest BCUT2D eigenvalue weighted by atomic mass is 16.4. The molecule has 15 heavy (non-hydrogen) atoms. The van der Waals surface area contributed by atoms with Crippen molar-refractivity contribution in [3.05, 3.63) is 0 Å². The fourth-order valence-electron chi connectivity index (χ4n) is 0.950. The van der Waals surface area contributed by atoms with E-state index in [1.54, 1.807) is 20.8 Å². The molecule has 5 heteroatoms. The molecule has 0 aliphatic carbocycles. The quantitative estimate of drug-likeness (QED) is 0.615. The summed E-state index contributed by atoms with van der Waals surface area (Å²) in [5.74, 6) is -1.54. The van der Waals surface area contributed by atoms with Gasteiger partial charge in [-0.15, -0.1) is 0 Å². The average molecular weight is 217 g/mol. The lowest BCUT2D eigenvalue weighted by atomic mass is 9.95. The monoisotopic (exact) mass is 217 g/mol. The van der Waals surface area contributed by atoms with E-state index in [0.717, 1.165) is 0 Å². The van der Waals surface area contributed by atoms with Gasteiger partial charge in [-0.25, -0.2) is 0 Å². The highest BCUT2D eigenvalue weighted by Gasteiger charge is 2.22. The van der Waals surface area contributed by atoms with Crippen LogP contribution in [-0.2, 0) is 9.59 Å². The lowest BCUT2D eigenvalue weighted by Crippen LogP contribution is -2.38. The Labute approximate surface area is 89.5 Å². The average Bonchev–Trinajstić information content (AvgIpc) is 2.09. The Morgan fingerprint density at radius 3 is 2.20 bits per heavy atom. The van der Waals surface area contributed by atoms with E-state index in [-0.39, 0.29) is 25.5 Å². The molecule has 0 aromatic rings. The Morgan fingerprint density at radius 1 is 1.33 bits per heavy atom. The first-order valence-electron chi connectivity index (χ1n) is 4.88. The number of carbonyl (C=O) groups excluding carboxylic acids is 1. The van der Waals surface area contributed by atoms with Crippen molar-refractivity contribution >= 4 is 11.9 Å². The normalized spacial score (nSPS) is 13.3. The SMILES string of the molecule is CC(C)(C)C(=O)NCC(CO)CC(=O)O. The molecule has 3 N–H and O–H groups in total. The third-order valence-corrected chi connectivity index (χ3v) is 1.95. The van der Waals surface area contributed by atoms with Gasteiger partial charge in [-0.1, -0.05) is 20.8 Å². The third-order valence-electron chi connectivity index (χ3n) is 1.95. The molecule has 1 atom stereocenters. The number of amides is 1. The van der Waals surface area contributed by atoms with Crippen molar-refractivity contribution < 1.29 is 19.8 Å². The van der Waals surface area contributed by atoms with Crippen LogP contribution in [0.3, 0.4) is 0 Å². The van der Waals surface area contributed by atoms with E-state index in [4.69, 9.17) is 10.2 Å². The van der Waals surface area contributed by atoms with Crippen LogP contribution in [0.1, 0.15) is 27.2 Å². The van der Waals surface area contributed by atoms with Crippen LogP contribution in [0.5, 0.6) is 0 Å². The largest absolute Gasteiger partial charge is 0.481 e. The standard InChI is InChI=1S/C10H19NO4/c1-10(2,3)9(15)11-5-7(6-12)4-8(13)14/h7,12H,4-6H2,1-3H3,(H,11,15)(H,13,14). The number of aliphatic hydroxyl groups is 1. The van der Waals surface area contributed by atoms with Crippen molar-refractivity contribution in [3.63, 3.8) is 0 Å². The minimum Gasteiger partial charge on any atom is -0.481 e. The second-order valence-corrected chi connectivity index (χ2v) is 4.61. The van der Waals surface area contributed by atoms with Gasteiger partial charge in [0.2, 0.25) is 5.91 Å². The van der Waals surface area contributed by atoms with Crippen LogP contribution < -0.4 is 5.32 Å². The molecule has 0 aliphatic heterocycles. The van der Waals surface area contributed by atoms with E-state index < -0.39 is 17.3 Å². The topological polar surface area (TPSA) is 86.6 Å². The maximum Gasteiger partial charge on any atom is 0.303 e. The molecule has 1 unspecified atom stereocenters. The molecule has 88 valence electrons. The Kier molecular flexibility index (Phi) is 5.28. The van der Waals surface area contributed by atoms with Crippen LogP contribution in [0.2, 0.25) is 0 Å². The Morgan fingerprint density at radius 2 is 1.87 bits per heavy atom. The highest BCUT2D eigenvalue weighted by molar-refractivity contribution is 5.81. The summed E-state index contributed by atoms with van der Waals surface area (Å²) in [6, 6.07) is 0. The smallest absolute Gasteiger partial charge is 0.303 e. The number of carbonyl (C=O) groups is 2. The predicted molar refractivity (Wildman–Crippen MR) is 55.3 cm³/mol. The van der Waals surface area contributed by atoms with Gasteiger partial charge in [0.25, 0.3) is 0 Å². The van der Waals surface area contributed by atoms with Crippen molar-refractivity contribution in [1.29, 1.82) is 0 Å². The van der Waals surface area contributed by atoms with Crippen LogP contribution in [0.25, 0.3) is 0 Å². The fraction of sp³-hybridized carbons (Fsp3) is 0.800. The van der Waals surface area contributed by atoms with Gasteiger partial charge in [0, 0.05) is 24.5 Å². The lowest BCUT2D eigenvalue weighted by molar-refractivity contribution is -0.139. The number of nitrogens with one attached hydrogen (secondary N) is 1. The van der Waals surface area contributed by atoms with Gasteiger partial charge in [-0.2, -0.15) is 0 Å². The Balaban J connectivity index is 4.01. The van der Waals surface area contributed by atoms with E-state index in [1.165, 1.54) is 0 Å². The lowest BCUT2D eigenvalue weighted by Gasteiger charge is -2.20. The van der Waals surface area contributed by atoms with Crippen molar-refractivity contribution in [2.24, 2.45) is 11.3 Å². The highest BCUT2D eigenvalue weighted by Crippen LogP contribution is 2.12. The number of hydrogen-bond acceptors (Lipinski definition) is 3. The summed E-state index contributed by atoms with van der Waals surface area (Å²) in [6.45, 7) is 5.27. The molecule has 0 bridgehead atoms. The molecule has 0 fully saturated rings. The van der Waals surface area contributed by atoms with Crippen molar-refractivity contribution in [1.82, 2.24) is 5.32 Å². The predicted octanol–water partition coefficient (Wildman–Crippen LogP) is 0.232. The molecule has 0 heterocycles. The van der Waals surface area contributed by atoms with Gasteiger partial charge in [0.15, 0.2) is 0 Å². The van der Waals surface area contributed by atoms with Crippen LogP contribution in [0.4, 0.5) is 0 Å². The van der Waals surface area contributed by atoms with Crippen molar-refractivity contribution in [3.8, 4) is 0 Å². The van der Waals surface area contributed by atoms with E-state index >= 15 is 0 Å². The van der Waals surface area contributed by atoms with Crippen LogP contribution in [0, 0.1) is 11.3 Å². The molecule has 0 aromatic carbocycles. The Bertz CT molecular complexity index is 232. The zero-order valence-corrected chi connectivity index (χ0v) is 9.41. The van der Waals surface area contributed by atoms with Gasteiger partial charge >= 0.3 is 5.97 Å². The maximum absolute atomic E-state index is 11.4. The molecule has 0 rings (SSSR count). The fourth-order valence-corrected chi connectivity index (χ4v) is 0.950. The number of aliphatic carboxylic acids is 1. The zero-order chi connectivity index (χ0) is 12.1. The number of aliphatic hydroxyl groups excluding tert-OH is 1. The van der Waals surface area contributed by atoms with Gasteiger partial charge in [0.05, 0.1) is 6.42 Å². The van der Waals surface area contributed by atoms with Crippen molar-refractivity contribution in [2.45, 2.75) is 27.2 Å².